The van der Waals surface area contributed by atoms with Gasteiger partial charge in [-0.1, -0.05) is 0 Å². The third kappa shape index (κ3) is 1.76. The monoisotopic (exact) mass is 331 g/mol. The molecule has 1 spiro atoms. The number of amides is 1. The Morgan fingerprint density at radius 2 is 2.25 bits per heavy atom. The van der Waals surface area contributed by atoms with Crippen LogP contribution in [0.1, 0.15) is 25.3 Å². The number of carbonyl (C=O) groups is 1. The second-order valence-electron chi connectivity index (χ2n) is 6.73. The van der Waals surface area contributed by atoms with E-state index in [9.17, 15) is 4.79 Å². The molecule has 1 amide bonds. The third-order valence-electron chi connectivity index (χ3n) is 5.24. The van der Waals surface area contributed by atoms with Crippen LogP contribution in [0.3, 0.4) is 0 Å². The summed E-state index contributed by atoms with van der Waals surface area (Å²) in [6, 6.07) is 5.43. The van der Waals surface area contributed by atoms with E-state index in [1.54, 1.807) is 20.2 Å². The zero-order chi connectivity index (χ0) is 17.1. The first-order chi connectivity index (χ1) is 11.4. The maximum Gasteiger partial charge on any atom is 0.264 e. The van der Waals surface area contributed by atoms with E-state index in [1.165, 1.54) is 4.90 Å². The number of hydrogen-bond donors (Lipinski definition) is 1. The minimum absolute atomic E-state index is 0.187. The second kappa shape index (κ2) is 4.86. The summed E-state index contributed by atoms with van der Waals surface area (Å²) in [6.45, 7) is 2.54. The molecule has 0 radical (unpaired) electrons. The summed E-state index contributed by atoms with van der Waals surface area (Å²) in [5, 5.41) is 0. The number of ether oxygens (including phenoxy) is 3. The predicted molar refractivity (Wildman–Crippen MR) is 87.1 cm³/mol. The maximum absolute atomic E-state index is 13.2. The Labute approximate surface area is 140 Å². The number of methoxy groups -OCH3 is 1. The van der Waals surface area contributed by atoms with Gasteiger partial charge in [0.2, 0.25) is 5.54 Å². The zero-order valence-electron chi connectivity index (χ0n) is 14.0. The van der Waals surface area contributed by atoms with E-state index in [2.05, 4.69) is 4.99 Å². The smallest absolute Gasteiger partial charge is 0.264 e. The summed E-state index contributed by atoms with van der Waals surface area (Å²) in [4.78, 5) is 19.2. The molecule has 2 N–H and O–H groups in total. The summed E-state index contributed by atoms with van der Waals surface area (Å²) in [6.07, 6.45) is 1.13. The molecule has 24 heavy (non-hydrogen) atoms. The highest BCUT2D eigenvalue weighted by Gasteiger charge is 2.65. The van der Waals surface area contributed by atoms with Gasteiger partial charge in [-0.3, -0.25) is 9.69 Å². The summed E-state index contributed by atoms with van der Waals surface area (Å²) >= 11 is 0. The van der Waals surface area contributed by atoms with Gasteiger partial charge in [0, 0.05) is 19.2 Å². The maximum atomic E-state index is 13.2. The van der Waals surface area contributed by atoms with Crippen molar-refractivity contribution in [3.63, 3.8) is 0 Å². The van der Waals surface area contributed by atoms with Gasteiger partial charge in [-0.2, -0.15) is 0 Å². The third-order valence-corrected chi connectivity index (χ3v) is 5.24. The number of fused-ring (bicyclic) bond motifs is 4. The van der Waals surface area contributed by atoms with E-state index >= 15 is 0 Å². The lowest BCUT2D eigenvalue weighted by Gasteiger charge is -2.51. The molecule has 3 atom stereocenters. The lowest BCUT2D eigenvalue weighted by Crippen LogP contribution is -2.64. The van der Waals surface area contributed by atoms with E-state index in [1.807, 2.05) is 19.1 Å². The number of nitrogens with zero attached hydrogens (tertiary/aromatic N) is 2. The number of aliphatic imine (C=N–C) groups is 1. The molecule has 1 saturated heterocycles. The van der Waals surface area contributed by atoms with Gasteiger partial charge in [0.1, 0.15) is 23.2 Å². The van der Waals surface area contributed by atoms with Crippen LogP contribution >= 0.6 is 0 Å². The molecular formula is C17H21N3O4. The van der Waals surface area contributed by atoms with Gasteiger partial charge in [-0.25, -0.2) is 4.99 Å². The van der Waals surface area contributed by atoms with Crippen molar-refractivity contribution in [2.75, 3.05) is 20.8 Å². The first-order valence-corrected chi connectivity index (χ1v) is 8.05. The van der Waals surface area contributed by atoms with Crippen molar-refractivity contribution in [3.05, 3.63) is 23.8 Å². The van der Waals surface area contributed by atoms with Crippen LogP contribution in [0.2, 0.25) is 0 Å². The highest BCUT2D eigenvalue weighted by Crippen LogP contribution is 2.53. The topological polar surface area (TPSA) is 86.4 Å². The first-order valence-electron chi connectivity index (χ1n) is 8.05. The van der Waals surface area contributed by atoms with E-state index in [4.69, 9.17) is 19.9 Å². The van der Waals surface area contributed by atoms with Gasteiger partial charge >= 0.3 is 0 Å². The fraction of sp³-hybridized carbons (Fsp3) is 0.529. The molecule has 7 nitrogen and oxygen atoms in total. The fourth-order valence-electron chi connectivity index (χ4n) is 4.02. The molecule has 1 aromatic rings. The standard InChI is InChI=1S/C17H21N3O4/c1-16-7-4-8-23-13(16)17(14(21)20(2)15(18)19-17)11-9-10(22-3)5-6-12(11)24-16/h5-6,9,13H,4,7-8H2,1-3H3,(H2,18,19)/t13-,16-,17-/m0/s1. The van der Waals surface area contributed by atoms with Crippen LogP contribution in [0.4, 0.5) is 0 Å². The number of guanidine groups is 1. The highest BCUT2D eigenvalue weighted by atomic mass is 16.6. The molecule has 4 rings (SSSR count). The molecule has 3 aliphatic heterocycles. The molecule has 7 heteroatoms. The largest absolute Gasteiger partial charge is 0.497 e. The molecule has 1 fully saturated rings. The summed E-state index contributed by atoms with van der Waals surface area (Å²) in [5.74, 6) is 1.25. The summed E-state index contributed by atoms with van der Waals surface area (Å²) in [5.41, 5.74) is 4.78. The van der Waals surface area contributed by atoms with Crippen molar-refractivity contribution >= 4 is 11.9 Å². The predicted octanol–water partition coefficient (Wildman–Crippen LogP) is 1.01. The number of rotatable bonds is 1. The van der Waals surface area contributed by atoms with Crippen LogP contribution < -0.4 is 15.2 Å². The molecular weight excluding hydrogens is 310 g/mol. The molecule has 1 aromatic carbocycles. The van der Waals surface area contributed by atoms with Crippen molar-refractivity contribution < 1.29 is 19.0 Å². The molecule has 0 bridgehead atoms. The lowest BCUT2D eigenvalue weighted by atomic mass is 9.71. The Bertz CT molecular complexity index is 749. The van der Waals surface area contributed by atoms with Crippen LogP contribution in [0.25, 0.3) is 0 Å². The van der Waals surface area contributed by atoms with Gasteiger partial charge in [0.05, 0.1) is 7.11 Å². The van der Waals surface area contributed by atoms with E-state index in [-0.39, 0.29) is 11.9 Å². The molecule has 3 aliphatic rings. The van der Waals surface area contributed by atoms with Gasteiger partial charge in [-0.05, 0) is 38.0 Å². The van der Waals surface area contributed by atoms with E-state index in [0.717, 1.165) is 12.8 Å². The van der Waals surface area contributed by atoms with E-state index in [0.29, 0.717) is 23.7 Å². The Morgan fingerprint density at radius 1 is 1.46 bits per heavy atom. The number of hydrogen-bond acceptors (Lipinski definition) is 6. The van der Waals surface area contributed by atoms with Crippen molar-refractivity contribution in [1.29, 1.82) is 0 Å². The molecule has 128 valence electrons. The lowest BCUT2D eigenvalue weighted by molar-refractivity contribution is -0.175. The van der Waals surface area contributed by atoms with Crippen LogP contribution in [0, 0.1) is 0 Å². The number of benzene rings is 1. The SMILES string of the molecule is COc1ccc2c(c1)[C@]1(N=C(N)N(C)C1=O)[C@H]1OCCC[C@]1(C)O2. The first kappa shape index (κ1) is 15.3. The number of carbonyl (C=O) groups excluding carboxylic acids is 1. The van der Waals surface area contributed by atoms with Crippen molar-refractivity contribution in [2.24, 2.45) is 10.7 Å². The van der Waals surface area contributed by atoms with Crippen molar-refractivity contribution in [2.45, 2.75) is 37.0 Å². The van der Waals surface area contributed by atoms with Crippen LogP contribution in [0.5, 0.6) is 11.5 Å². The average molecular weight is 331 g/mol. The molecule has 3 heterocycles. The highest BCUT2D eigenvalue weighted by molar-refractivity contribution is 6.08. The Kier molecular flexibility index (Phi) is 3.09. The van der Waals surface area contributed by atoms with E-state index < -0.39 is 17.2 Å². The zero-order valence-corrected chi connectivity index (χ0v) is 14.0. The normalized spacial score (nSPS) is 34.5. The number of likely N-dealkylation sites (N-methyl/N-ethyl adjacent to an activating group) is 1. The van der Waals surface area contributed by atoms with Crippen molar-refractivity contribution in [1.82, 2.24) is 4.90 Å². The molecule has 0 unspecified atom stereocenters. The number of nitrogens with two attached hydrogens (primary N) is 1. The Balaban J connectivity index is 2.00. The van der Waals surface area contributed by atoms with Crippen LogP contribution in [0.15, 0.2) is 23.2 Å². The average Bonchev–Trinajstić information content (AvgIpc) is 2.79. The van der Waals surface area contributed by atoms with Gasteiger partial charge in [0.25, 0.3) is 5.91 Å². The minimum atomic E-state index is -1.23. The quantitative estimate of drug-likeness (QED) is 0.830. The van der Waals surface area contributed by atoms with Gasteiger partial charge in [-0.15, -0.1) is 0 Å². The van der Waals surface area contributed by atoms with Crippen LogP contribution in [-0.2, 0) is 15.1 Å². The Morgan fingerprint density at radius 3 is 2.92 bits per heavy atom. The molecule has 0 aromatic heterocycles. The summed E-state index contributed by atoms with van der Waals surface area (Å²) < 4.78 is 17.6. The Hall–Kier alpha value is -2.28. The fourth-order valence-corrected chi connectivity index (χ4v) is 4.02. The minimum Gasteiger partial charge on any atom is -0.497 e. The summed E-state index contributed by atoms with van der Waals surface area (Å²) in [7, 11) is 3.21. The second-order valence-corrected chi connectivity index (χ2v) is 6.73. The molecule has 0 aliphatic carbocycles. The molecule has 0 saturated carbocycles. The van der Waals surface area contributed by atoms with Gasteiger partial charge in [0.15, 0.2) is 5.96 Å². The van der Waals surface area contributed by atoms with Crippen molar-refractivity contribution in [3.8, 4) is 11.5 Å². The van der Waals surface area contributed by atoms with Gasteiger partial charge < -0.3 is 19.9 Å². The van der Waals surface area contributed by atoms with Crippen LogP contribution in [-0.4, -0.2) is 49.2 Å².